The number of pyridine rings is 2. The van der Waals surface area contributed by atoms with Crippen LogP contribution in [0.5, 0.6) is 23.0 Å². The van der Waals surface area contributed by atoms with E-state index in [2.05, 4.69) is 51.6 Å². The van der Waals surface area contributed by atoms with E-state index in [-0.39, 0.29) is 45.5 Å². The first kappa shape index (κ1) is 63.3. The smallest absolute Gasteiger partial charge is 0.488 e. The maximum atomic E-state index is 13.0. The number of benzene rings is 4. The van der Waals surface area contributed by atoms with E-state index in [9.17, 15) is 9.59 Å². The Morgan fingerprint density at radius 2 is 1.07 bits per heavy atom. The first-order valence-electron chi connectivity index (χ1n) is 26.6. The Labute approximate surface area is 486 Å². The summed E-state index contributed by atoms with van der Waals surface area (Å²) in [5, 5.41) is 15.1. The number of esters is 2. The molecule has 2 aromatic heterocycles. The number of nitrogens with one attached hydrogen (secondary N) is 3. The predicted molar refractivity (Wildman–Crippen MR) is 319 cm³/mol. The molecule has 0 unspecified atom stereocenters. The van der Waals surface area contributed by atoms with Gasteiger partial charge in [-0.25, -0.2) is 0 Å². The lowest BCUT2D eigenvalue weighted by molar-refractivity contribution is -0.151. The van der Waals surface area contributed by atoms with Crippen LogP contribution in [0.1, 0.15) is 111 Å². The molecule has 4 aromatic carbocycles. The minimum atomic E-state index is -0.795. The Kier molecular flexibility index (Phi) is 22.8. The van der Waals surface area contributed by atoms with Crippen LogP contribution in [0.15, 0.2) is 103 Å². The predicted octanol–water partition coefficient (Wildman–Crippen LogP) is 12.1. The molecule has 16 nitrogen and oxygen atoms in total. The molecule has 0 spiro atoms. The molecule has 6 aromatic rings. The van der Waals surface area contributed by atoms with Crippen molar-refractivity contribution in [2.75, 3.05) is 21.3 Å². The van der Waals surface area contributed by atoms with Gasteiger partial charge in [0.1, 0.15) is 55.5 Å². The third-order valence-electron chi connectivity index (χ3n) is 13.0. The van der Waals surface area contributed by atoms with Crippen molar-refractivity contribution in [2.45, 2.75) is 144 Å². The van der Waals surface area contributed by atoms with Gasteiger partial charge in [-0.15, -0.1) is 0 Å². The molecule has 2 heterocycles. The number of ether oxygens (including phenoxy) is 8. The van der Waals surface area contributed by atoms with Gasteiger partial charge >= 0.3 is 11.9 Å². The summed E-state index contributed by atoms with van der Waals surface area (Å²) in [6.07, 6.45) is 8.73. The van der Waals surface area contributed by atoms with Gasteiger partial charge in [-0.05, 0) is 127 Å². The molecule has 0 fully saturated rings. The Morgan fingerprint density at radius 1 is 0.630 bits per heavy atom. The first-order chi connectivity index (χ1) is 38.5. The van der Waals surface area contributed by atoms with E-state index in [4.69, 9.17) is 66.5 Å². The Hall–Kier alpha value is -6.92. The third kappa shape index (κ3) is 18.3. The van der Waals surface area contributed by atoms with Gasteiger partial charge in [0, 0.05) is 103 Å². The Balaban J connectivity index is 1.23. The van der Waals surface area contributed by atoms with Crippen LogP contribution in [0.25, 0.3) is 11.1 Å². The highest BCUT2D eigenvalue weighted by Crippen LogP contribution is 2.38. The van der Waals surface area contributed by atoms with Gasteiger partial charge in [-0.3, -0.25) is 30.4 Å². The quantitative estimate of drug-likeness (QED) is 0.0250. The van der Waals surface area contributed by atoms with Gasteiger partial charge in [0.15, 0.2) is 13.2 Å². The Morgan fingerprint density at radius 3 is 1.52 bits per heavy atom. The van der Waals surface area contributed by atoms with Crippen LogP contribution in [0, 0.1) is 19.3 Å². The maximum Gasteiger partial charge on any atom is 0.502 e. The summed E-state index contributed by atoms with van der Waals surface area (Å²) in [7, 11) is 4.46. The number of carbonyl (C=O) groups is 1. The molecule has 6 rings (SSSR count). The van der Waals surface area contributed by atoms with Crippen molar-refractivity contribution in [3.8, 4) is 34.1 Å². The van der Waals surface area contributed by atoms with Crippen molar-refractivity contribution in [3.63, 3.8) is 0 Å². The molecule has 0 amide bonds. The molecule has 0 aliphatic rings. The van der Waals surface area contributed by atoms with Gasteiger partial charge in [0.05, 0.1) is 40.6 Å². The van der Waals surface area contributed by atoms with Crippen LogP contribution < -0.4 is 29.6 Å². The van der Waals surface area contributed by atoms with E-state index in [1.807, 2.05) is 91.8 Å². The summed E-state index contributed by atoms with van der Waals surface area (Å²) in [5.74, 6) is 1.12. The summed E-state index contributed by atoms with van der Waals surface area (Å²) >= 11 is 14.0. The molecule has 4 atom stereocenters. The zero-order chi connectivity index (χ0) is 59.0. The molecular weight excluding hydrogens is 1070 g/mol. The van der Waals surface area contributed by atoms with Crippen LogP contribution in [0.2, 0.25) is 10.0 Å². The van der Waals surface area contributed by atoms with Crippen LogP contribution in [-0.4, -0.2) is 95.9 Å². The number of aromatic nitrogens is 2. The molecule has 432 valence electrons. The van der Waals surface area contributed by atoms with Gasteiger partial charge in [0.2, 0.25) is 0 Å². The van der Waals surface area contributed by atoms with E-state index in [0.717, 1.165) is 50.1 Å². The first-order valence-corrected chi connectivity index (χ1v) is 27.4. The standard InChI is InChI=1S/C63H76Cl2N6O10/c1-38-46(36-78-56-24-54(76-34-44-20-42(26-66)28-68-30-44)48(22-52(56)64)32-70-58(60(72)74-12)40(3)80-62(5,6)7)16-14-18-50(38)51-19-15-17-47(39(51)2)37-79-57-25-55(77-35-45-21-43(27-67-11)29-69-31-45)49(23-53(57)65)33-71-59(61(73)75-13)41(4)81-63(8,9)10/h14-31,40-41,58-59,66,70-71H,32-37H2,1-13H3/p+1/t40-,41-,58+,59+/m1/s1. The zero-order valence-corrected chi connectivity index (χ0v) is 50.2. The van der Waals surface area contributed by atoms with Crippen LogP contribution in [0.4, 0.5) is 0 Å². The molecule has 0 bridgehead atoms. The summed E-state index contributed by atoms with van der Waals surface area (Å²) in [4.78, 5) is 36.6. The average Bonchev–Trinajstić information content (AvgIpc) is 3.60. The number of rotatable bonds is 27. The molecule has 81 heavy (non-hydrogen) atoms. The lowest BCUT2D eigenvalue weighted by Crippen LogP contribution is -2.48. The number of aliphatic imine (C=N–C) groups is 1. The highest BCUT2D eigenvalue weighted by Gasteiger charge is 2.35. The van der Waals surface area contributed by atoms with E-state index >= 15 is 0 Å². The number of methoxy groups -OCH3 is 2. The maximum absolute atomic E-state index is 13.0. The number of hydrogen-bond acceptors (Lipinski definition) is 15. The van der Waals surface area contributed by atoms with Crippen molar-refractivity contribution in [2.24, 2.45) is 4.99 Å². The van der Waals surface area contributed by atoms with Crippen molar-refractivity contribution in [3.05, 3.63) is 163 Å². The van der Waals surface area contributed by atoms with Gasteiger partial charge in [-0.1, -0.05) is 59.6 Å². The van der Waals surface area contributed by atoms with E-state index in [1.165, 1.54) is 20.4 Å². The normalized spacial score (nSPS) is 13.3. The second-order valence-electron chi connectivity index (χ2n) is 21.6. The molecule has 0 radical (unpaired) electrons. The number of carbonyl (C=O) groups excluding carboxylic acids is 2. The summed E-state index contributed by atoms with van der Waals surface area (Å²) in [6, 6.07) is 21.6. The SMILES string of the molecule is CN=Cc1cncc(COc2cc(OCc3cccc(-c4cccc(COc5cc(OCc6cncc(C=N)c6)c(CN[C@H](C(=O)OC)[C@@H](C)OC(C)(C)C)cc5Cl)c4C)c3C)c(Cl)cc2CN[C@H](C(=[OH+])OC)[C@@H](C)OC(C)(C)C)c1. The molecule has 0 saturated heterocycles. The third-order valence-corrected chi connectivity index (χ3v) is 13.6. The van der Waals surface area contributed by atoms with Gasteiger partial charge in [-0.2, -0.15) is 0 Å². The molecule has 0 aliphatic heterocycles. The van der Waals surface area contributed by atoms with Crippen molar-refractivity contribution in [1.29, 1.82) is 5.41 Å². The van der Waals surface area contributed by atoms with Crippen LogP contribution in [0.3, 0.4) is 0 Å². The minimum absolute atomic E-state index is 0.142. The fourth-order valence-electron chi connectivity index (χ4n) is 9.13. The van der Waals surface area contributed by atoms with E-state index < -0.39 is 41.5 Å². The largest absolute Gasteiger partial charge is 0.502 e. The monoisotopic (exact) mass is 1150 g/mol. The minimum Gasteiger partial charge on any atom is -0.488 e. The van der Waals surface area contributed by atoms with E-state index in [0.29, 0.717) is 49.7 Å². The summed E-state index contributed by atoms with van der Waals surface area (Å²) < 4.78 is 48.7. The fraction of sp³-hybridized carbons (Fsp3) is 0.397. The molecule has 4 N–H and O–H groups in total. The van der Waals surface area contributed by atoms with Crippen molar-refractivity contribution >= 4 is 47.6 Å². The van der Waals surface area contributed by atoms with Crippen LogP contribution >= 0.6 is 23.2 Å². The van der Waals surface area contributed by atoms with Gasteiger partial charge < -0.3 is 48.1 Å². The molecule has 0 saturated carbocycles. The second-order valence-corrected chi connectivity index (χ2v) is 22.4. The topological polar surface area (TPSA) is 198 Å². The summed E-state index contributed by atoms with van der Waals surface area (Å²) in [5.41, 5.74) is 9.43. The van der Waals surface area contributed by atoms with Crippen LogP contribution in [-0.2, 0) is 63.3 Å². The lowest BCUT2D eigenvalue weighted by atomic mass is 9.92. The lowest BCUT2D eigenvalue weighted by Gasteiger charge is -2.30. The van der Waals surface area contributed by atoms with E-state index in [1.54, 1.807) is 62.3 Å². The fourth-order valence-corrected chi connectivity index (χ4v) is 9.61. The van der Waals surface area contributed by atoms with Crippen molar-refractivity contribution < 1.29 is 47.5 Å². The zero-order valence-electron chi connectivity index (χ0n) is 48.7. The Bertz CT molecular complexity index is 3160. The number of nitrogens with zero attached hydrogens (tertiary/aromatic N) is 3. The molecular formula is C63H77Cl2N6O10+. The highest BCUT2D eigenvalue weighted by molar-refractivity contribution is 6.32. The van der Waals surface area contributed by atoms with Gasteiger partial charge in [0.25, 0.3) is 0 Å². The molecule has 0 aliphatic carbocycles. The second kappa shape index (κ2) is 29.2. The number of hydrogen-bond donors (Lipinski definition) is 3. The average molecular weight is 1150 g/mol. The highest BCUT2D eigenvalue weighted by atomic mass is 35.5. The number of halogens is 2. The molecule has 18 heteroatoms. The summed E-state index contributed by atoms with van der Waals surface area (Å²) in [6.45, 7) is 20.6. The van der Waals surface area contributed by atoms with Crippen molar-refractivity contribution in [1.82, 2.24) is 20.6 Å².